The van der Waals surface area contributed by atoms with E-state index in [2.05, 4.69) is 9.44 Å². The van der Waals surface area contributed by atoms with E-state index in [4.69, 9.17) is 0 Å². The zero-order chi connectivity index (χ0) is 24.3. The van der Waals surface area contributed by atoms with Gasteiger partial charge in [-0.25, -0.2) is 16.8 Å². The molecule has 0 atom stereocenters. The number of rotatable bonds is 7. The highest BCUT2D eigenvalue weighted by atomic mass is 32.2. The van der Waals surface area contributed by atoms with Gasteiger partial charge in [-0.2, -0.15) is 0 Å². The molecule has 0 unspecified atom stereocenters. The summed E-state index contributed by atoms with van der Waals surface area (Å²) in [5.41, 5.74) is 4.31. The van der Waals surface area contributed by atoms with Crippen LogP contribution in [0.3, 0.4) is 0 Å². The number of sulfonamides is 2. The van der Waals surface area contributed by atoms with Gasteiger partial charge in [-0.1, -0.05) is 48.5 Å². The highest BCUT2D eigenvalue weighted by Gasteiger charge is 2.17. The zero-order valence-electron chi connectivity index (χ0n) is 18.7. The summed E-state index contributed by atoms with van der Waals surface area (Å²) in [7, 11) is -7.36. The number of nitrogens with one attached hydrogen (secondary N) is 2. The van der Waals surface area contributed by atoms with Crippen LogP contribution in [-0.2, 0) is 20.0 Å². The Bertz CT molecular complexity index is 1420. The summed E-state index contributed by atoms with van der Waals surface area (Å²) in [6, 6.07) is 27.3. The maximum absolute atomic E-state index is 12.6. The summed E-state index contributed by atoms with van der Waals surface area (Å²) >= 11 is 0. The van der Waals surface area contributed by atoms with E-state index < -0.39 is 20.0 Å². The molecule has 0 spiro atoms. The molecule has 8 heteroatoms. The normalized spacial score (nSPS) is 11.7. The summed E-state index contributed by atoms with van der Waals surface area (Å²) in [4.78, 5) is 0.394. The monoisotopic (exact) mass is 492 g/mol. The first-order valence-electron chi connectivity index (χ1n) is 10.5. The fourth-order valence-electron chi connectivity index (χ4n) is 3.52. The van der Waals surface area contributed by atoms with Crippen LogP contribution >= 0.6 is 0 Å². The van der Waals surface area contributed by atoms with Crippen LogP contribution in [0, 0.1) is 13.8 Å². The highest BCUT2D eigenvalue weighted by Crippen LogP contribution is 2.30. The first-order chi connectivity index (χ1) is 16.2. The van der Waals surface area contributed by atoms with Gasteiger partial charge in [0, 0.05) is 0 Å². The molecule has 4 rings (SSSR count). The van der Waals surface area contributed by atoms with Gasteiger partial charge in [0.15, 0.2) is 0 Å². The number of benzene rings is 4. The van der Waals surface area contributed by atoms with E-state index in [-0.39, 0.29) is 9.79 Å². The second-order valence-corrected chi connectivity index (χ2v) is 11.3. The van der Waals surface area contributed by atoms with Crippen LogP contribution in [-0.4, -0.2) is 16.8 Å². The quantitative estimate of drug-likeness (QED) is 0.353. The lowest BCUT2D eigenvalue weighted by Crippen LogP contribution is -2.13. The van der Waals surface area contributed by atoms with Crippen molar-refractivity contribution in [3.05, 3.63) is 108 Å². The molecule has 0 aliphatic carbocycles. The molecule has 2 N–H and O–H groups in total. The molecule has 0 aromatic heterocycles. The predicted octanol–water partition coefficient (Wildman–Crippen LogP) is 5.57. The molecule has 6 nitrogen and oxygen atoms in total. The average molecular weight is 493 g/mol. The van der Waals surface area contributed by atoms with Gasteiger partial charge >= 0.3 is 0 Å². The maximum Gasteiger partial charge on any atom is 0.261 e. The summed E-state index contributed by atoms with van der Waals surface area (Å²) in [5.74, 6) is 0. The van der Waals surface area contributed by atoms with E-state index in [1.165, 1.54) is 0 Å². The Morgan fingerprint density at radius 2 is 0.853 bits per heavy atom. The summed E-state index contributed by atoms with van der Waals surface area (Å²) in [5, 5.41) is 0. The van der Waals surface area contributed by atoms with Crippen molar-refractivity contribution in [2.75, 3.05) is 9.44 Å². The third-order valence-electron chi connectivity index (χ3n) is 5.38. The lowest BCUT2D eigenvalue weighted by atomic mass is 10.0. The zero-order valence-corrected chi connectivity index (χ0v) is 20.3. The van der Waals surface area contributed by atoms with Crippen LogP contribution in [0.25, 0.3) is 11.1 Å². The molecule has 4 aromatic rings. The number of anilines is 2. The van der Waals surface area contributed by atoms with E-state index in [9.17, 15) is 16.8 Å². The molecule has 0 aliphatic rings. The molecular weight excluding hydrogens is 468 g/mol. The van der Waals surface area contributed by atoms with Gasteiger partial charge in [-0.15, -0.1) is 0 Å². The van der Waals surface area contributed by atoms with Crippen LogP contribution in [0.15, 0.2) is 107 Å². The average Bonchev–Trinajstić information content (AvgIpc) is 2.83. The van der Waals surface area contributed by atoms with Gasteiger partial charge in [0.25, 0.3) is 20.0 Å². The number of hydrogen-bond acceptors (Lipinski definition) is 4. The Labute approximate surface area is 200 Å². The van der Waals surface area contributed by atoms with Crippen LogP contribution in [0.4, 0.5) is 11.4 Å². The fourth-order valence-corrected chi connectivity index (χ4v) is 5.83. The highest BCUT2D eigenvalue weighted by molar-refractivity contribution is 7.93. The third kappa shape index (κ3) is 5.13. The van der Waals surface area contributed by atoms with E-state index in [0.717, 1.165) is 22.3 Å². The standard InChI is InChI=1S/C26H24N2O4S2/c1-19-17-21(13-15-25(19)27-33(29,30)23-9-5-3-6-10-23)22-14-16-26(20(2)18-22)28-34(31,32)24-11-7-4-8-12-24/h3-18,27-28H,1-2H3. The molecule has 0 radical (unpaired) electrons. The Balaban J connectivity index is 1.56. The van der Waals surface area contributed by atoms with Gasteiger partial charge in [-0.05, 0) is 84.6 Å². The van der Waals surface area contributed by atoms with Gasteiger partial charge in [-0.3, -0.25) is 9.44 Å². The Hall–Kier alpha value is -3.62. The van der Waals surface area contributed by atoms with E-state index >= 15 is 0 Å². The minimum absolute atomic E-state index is 0.197. The molecule has 0 aliphatic heterocycles. The maximum atomic E-state index is 12.6. The van der Waals surface area contributed by atoms with Crippen molar-refractivity contribution < 1.29 is 16.8 Å². The smallest absolute Gasteiger partial charge is 0.261 e. The SMILES string of the molecule is Cc1cc(-c2ccc(NS(=O)(=O)c3ccccc3)c(C)c2)ccc1NS(=O)(=O)c1ccccc1. The van der Waals surface area contributed by atoms with Crippen molar-refractivity contribution >= 4 is 31.4 Å². The van der Waals surface area contributed by atoms with Crippen LogP contribution in [0.2, 0.25) is 0 Å². The largest absolute Gasteiger partial charge is 0.279 e. The first-order valence-corrected chi connectivity index (χ1v) is 13.5. The minimum Gasteiger partial charge on any atom is -0.279 e. The van der Waals surface area contributed by atoms with Crippen molar-refractivity contribution in [2.45, 2.75) is 23.6 Å². The second kappa shape index (κ2) is 9.32. The van der Waals surface area contributed by atoms with Crippen LogP contribution in [0.1, 0.15) is 11.1 Å². The molecule has 0 fully saturated rings. The van der Waals surface area contributed by atoms with Crippen molar-refractivity contribution in [1.82, 2.24) is 0 Å². The topological polar surface area (TPSA) is 92.3 Å². The fraction of sp³-hybridized carbons (Fsp3) is 0.0769. The lowest BCUT2D eigenvalue weighted by Gasteiger charge is -2.14. The molecule has 0 amide bonds. The number of hydrogen-bond donors (Lipinski definition) is 2. The Morgan fingerprint density at radius 3 is 1.18 bits per heavy atom. The van der Waals surface area contributed by atoms with Crippen molar-refractivity contribution in [2.24, 2.45) is 0 Å². The molecule has 0 heterocycles. The molecule has 0 saturated carbocycles. The summed E-state index contributed by atoms with van der Waals surface area (Å²) in [6.45, 7) is 3.67. The van der Waals surface area contributed by atoms with E-state index in [0.29, 0.717) is 11.4 Å². The predicted molar refractivity (Wildman–Crippen MR) is 136 cm³/mol. The molecule has 4 aromatic carbocycles. The minimum atomic E-state index is -3.68. The number of aryl methyl sites for hydroxylation is 2. The summed E-state index contributed by atoms with van der Waals surface area (Å²) in [6.07, 6.45) is 0. The van der Waals surface area contributed by atoms with Gasteiger partial charge in [0.2, 0.25) is 0 Å². The van der Waals surface area contributed by atoms with E-state index in [1.54, 1.807) is 72.8 Å². The molecular formula is C26H24N2O4S2. The third-order valence-corrected chi connectivity index (χ3v) is 8.14. The Morgan fingerprint density at radius 1 is 0.500 bits per heavy atom. The van der Waals surface area contributed by atoms with Crippen LogP contribution in [0.5, 0.6) is 0 Å². The van der Waals surface area contributed by atoms with Crippen molar-refractivity contribution in [3.8, 4) is 11.1 Å². The van der Waals surface area contributed by atoms with Gasteiger partial charge in [0.1, 0.15) is 0 Å². The molecule has 34 heavy (non-hydrogen) atoms. The Kier molecular flexibility index (Phi) is 6.45. The van der Waals surface area contributed by atoms with Crippen molar-refractivity contribution in [3.63, 3.8) is 0 Å². The van der Waals surface area contributed by atoms with Gasteiger partial charge < -0.3 is 0 Å². The first kappa shape index (κ1) is 23.5. The second-order valence-electron chi connectivity index (χ2n) is 7.90. The molecule has 174 valence electrons. The lowest BCUT2D eigenvalue weighted by molar-refractivity contribution is 0.599. The molecule has 0 saturated heterocycles. The van der Waals surface area contributed by atoms with E-state index in [1.807, 2.05) is 38.1 Å². The molecule has 0 bridgehead atoms. The van der Waals surface area contributed by atoms with Crippen molar-refractivity contribution in [1.29, 1.82) is 0 Å². The van der Waals surface area contributed by atoms with Crippen LogP contribution < -0.4 is 9.44 Å². The van der Waals surface area contributed by atoms with Gasteiger partial charge in [0.05, 0.1) is 21.2 Å². The summed E-state index contributed by atoms with van der Waals surface area (Å²) < 4.78 is 55.8.